The van der Waals surface area contributed by atoms with Crippen molar-refractivity contribution in [3.63, 3.8) is 0 Å². The van der Waals surface area contributed by atoms with E-state index in [0.717, 1.165) is 6.20 Å². The molecule has 0 unspecified atom stereocenters. The molecular formula is C10H11N3O3. The summed E-state index contributed by atoms with van der Waals surface area (Å²) in [6.07, 6.45) is 1.60. The molecule has 3 N–H and O–H groups in total. The van der Waals surface area contributed by atoms with Crippen molar-refractivity contribution in [1.29, 1.82) is 0 Å². The minimum absolute atomic E-state index is 0.121. The summed E-state index contributed by atoms with van der Waals surface area (Å²) in [7, 11) is 0. The monoisotopic (exact) mass is 221 g/mol. The quantitative estimate of drug-likeness (QED) is 0.461. The van der Waals surface area contributed by atoms with E-state index in [9.17, 15) is 14.4 Å². The lowest BCUT2D eigenvalue weighted by molar-refractivity contribution is 0.0952. The van der Waals surface area contributed by atoms with Gasteiger partial charge in [-0.1, -0.05) is 0 Å². The first-order valence-electron chi connectivity index (χ1n) is 4.65. The Hall–Kier alpha value is -2.29. The van der Waals surface area contributed by atoms with Crippen molar-refractivity contribution in [2.24, 2.45) is 0 Å². The third kappa shape index (κ3) is 3.13. The summed E-state index contributed by atoms with van der Waals surface area (Å²) in [6.45, 7) is 2.06. The Bertz CT molecular complexity index is 545. The fraction of sp³-hybridized carbons (Fsp3) is 0.300. The van der Waals surface area contributed by atoms with Gasteiger partial charge in [-0.2, -0.15) is 0 Å². The van der Waals surface area contributed by atoms with Gasteiger partial charge >= 0.3 is 5.69 Å². The zero-order valence-electron chi connectivity index (χ0n) is 8.72. The Morgan fingerprint density at radius 3 is 2.88 bits per heavy atom. The number of carbonyl (C=O) groups excluding carboxylic acids is 1. The van der Waals surface area contributed by atoms with Gasteiger partial charge < -0.3 is 10.3 Å². The van der Waals surface area contributed by atoms with E-state index in [1.165, 1.54) is 0 Å². The highest BCUT2D eigenvalue weighted by molar-refractivity contribution is 5.93. The van der Waals surface area contributed by atoms with Crippen LogP contribution in [-0.2, 0) is 0 Å². The lowest BCUT2D eigenvalue weighted by Gasteiger charge is -2.00. The molecule has 6 nitrogen and oxygen atoms in total. The van der Waals surface area contributed by atoms with Crippen LogP contribution < -0.4 is 16.6 Å². The number of carbonyl (C=O) groups is 1. The molecule has 0 aliphatic carbocycles. The fourth-order valence-electron chi connectivity index (χ4n) is 1.04. The lowest BCUT2D eigenvalue weighted by atomic mass is 10.3. The second kappa shape index (κ2) is 5.56. The lowest BCUT2D eigenvalue weighted by Crippen LogP contribution is -2.33. The van der Waals surface area contributed by atoms with Crippen molar-refractivity contribution < 1.29 is 4.79 Å². The molecule has 16 heavy (non-hydrogen) atoms. The molecule has 0 radical (unpaired) electrons. The van der Waals surface area contributed by atoms with Crippen LogP contribution in [0.2, 0.25) is 0 Å². The van der Waals surface area contributed by atoms with Gasteiger partial charge in [-0.25, -0.2) is 4.79 Å². The number of H-pyrrole nitrogens is 2. The molecule has 1 amide bonds. The van der Waals surface area contributed by atoms with Crippen LogP contribution in [0.1, 0.15) is 23.7 Å². The highest BCUT2D eigenvalue weighted by Gasteiger charge is 2.09. The Morgan fingerprint density at radius 2 is 2.25 bits per heavy atom. The molecule has 0 aliphatic heterocycles. The van der Waals surface area contributed by atoms with Crippen LogP contribution in [0.25, 0.3) is 0 Å². The summed E-state index contributed by atoms with van der Waals surface area (Å²) in [4.78, 5) is 37.5. The summed E-state index contributed by atoms with van der Waals surface area (Å²) in [6, 6.07) is 0. The molecule has 1 aromatic heterocycles. The Balaban J connectivity index is 2.69. The van der Waals surface area contributed by atoms with Gasteiger partial charge in [0, 0.05) is 19.2 Å². The van der Waals surface area contributed by atoms with Crippen LogP contribution in [0, 0.1) is 11.8 Å². The topological polar surface area (TPSA) is 94.8 Å². The van der Waals surface area contributed by atoms with E-state index >= 15 is 0 Å². The summed E-state index contributed by atoms with van der Waals surface area (Å²) in [5, 5.41) is 2.51. The van der Waals surface area contributed by atoms with Gasteiger partial charge in [0.05, 0.1) is 0 Å². The van der Waals surface area contributed by atoms with Crippen molar-refractivity contribution in [3.8, 4) is 11.8 Å². The maximum Gasteiger partial charge on any atom is 0.325 e. The van der Waals surface area contributed by atoms with Gasteiger partial charge in [0.2, 0.25) is 0 Å². The third-order valence-corrected chi connectivity index (χ3v) is 1.78. The number of aromatic nitrogens is 2. The number of nitrogens with one attached hydrogen (secondary N) is 3. The van der Waals surface area contributed by atoms with Crippen LogP contribution in [0.4, 0.5) is 0 Å². The van der Waals surface area contributed by atoms with Crippen molar-refractivity contribution in [2.45, 2.75) is 13.3 Å². The van der Waals surface area contributed by atoms with Crippen molar-refractivity contribution >= 4 is 5.91 Å². The molecule has 0 spiro atoms. The summed E-state index contributed by atoms with van der Waals surface area (Å²) in [5.74, 6) is 4.92. The van der Waals surface area contributed by atoms with E-state index in [1.54, 1.807) is 6.92 Å². The number of hydrogen-bond donors (Lipinski definition) is 3. The molecule has 6 heteroatoms. The van der Waals surface area contributed by atoms with Gasteiger partial charge in [-0.15, -0.1) is 11.8 Å². The largest absolute Gasteiger partial charge is 0.351 e. The van der Waals surface area contributed by atoms with E-state index in [4.69, 9.17) is 0 Å². The Labute approximate surface area is 91.1 Å². The van der Waals surface area contributed by atoms with E-state index in [0.29, 0.717) is 13.0 Å². The van der Waals surface area contributed by atoms with Crippen molar-refractivity contribution in [3.05, 3.63) is 32.6 Å². The van der Waals surface area contributed by atoms with Gasteiger partial charge in [0.15, 0.2) is 0 Å². The standard InChI is InChI=1S/C10H11N3O3/c1-2-3-4-5-11-8(14)7-6-12-10(16)13-9(7)15/h6H,4-5H2,1H3,(H,11,14)(H2,12,13,15,16). The maximum absolute atomic E-state index is 11.4. The van der Waals surface area contributed by atoms with Gasteiger partial charge in [-0.05, 0) is 6.92 Å². The van der Waals surface area contributed by atoms with Gasteiger partial charge in [-0.3, -0.25) is 14.6 Å². The SMILES string of the molecule is CC#CCCNC(=O)c1c[nH]c(=O)[nH]c1=O. The molecule has 1 rings (SSSR count). The number of aromatic amines is 2. The maximum atomic E-state index is 11.4. The first-order valence-corrected chi connectivity index (χ1v) is 4.65. The normalized spacial score (nSPS) is 9.06. The molecule has 0 fully saturated rings. The van der Waals surface area contributed by atoms with Crippen molar-refractivity contribution in [1.82, 2.24) is 15.3 Å². The van der Waals surface area contributed by atoms with Crippen LogP contribution in [-0.4, -0.2) is 22.4 Å². The third-order valence-electron chi connectivity index (χ3n) is 1.78. The molecule has 84 valence electrons. The minimum atomic E-state index is -0.706. The predicted molar refractivity (Wildman–Crippen MR) is 58.1 cm³/mol. The zero-order chi connectivity index (χ0) is 12.0. The molecule has 1 aromatic rings. The van der Waals surface area contributed by atoms with Crippen LogP contribution in [0.5, 0.6) is 0 Å². The first kappa shape index (κ1) is 11.8. The molecule has 0 aliphatic rings. The molecule has 0 saturated heterocycles. The van der Waals surface area contributed by atoms with E-state index < -0.39 is 17.2 Å². The highest BCUT2D eigenvalue weighted by atomic mass is 16.2. The molecule has 0 bridgehead atoms. The van der Waals surface area contributed by atoms with E-state index in [-0.39, 0.29) is 5.56 Å². The second-order valence-corrected chi connectivity index (χ2v) is 2.92. The van der Waals surface area contributed by atoms with Crippen molar-refractivity contribution in [2.75, 3.05) is 6.54 Å². The summed E-state index contributed by atoms with van der Waals surface area (Å²) >= 11 is 0. The number of rotatable bonds is 3. The Morgan fingerprint density at radius 1 is 1.50 bits per heavy atom. The molecule has 0 atom stereocenters. The van der Waals surface area contributed by atoms with Gasteiger partial charge in [0.25, 0.3) is 11.5 Å². The van der Waals surface area contributed by atoms with E-state index in [2.05, 4.69) is 22.1 Å². The highest BCUT2D eigenvalue weighted by Crippen LogP contribution is 1.84. The van der Waals surface area contributed by atoms with Crippen LogP contribution in [0.3, 0.4) is 0 Å². The Kier molecular flexibility index (Phi) is 4.09. The van der Waals surface area contributed by atoms with Crippen LogP contribution in [0.15, 0.2) is 15.8 Å². The molecule has 1 heterocycles. The molecular weight excluding hydrogens is 210 g/mol. The average Bonchev–Trinajstić information content (AvgIpc) is 2.24. The minimum Gasteiger partial charge on any atom is -0.351 e. The fourth-order valence-corrected chi connectivity index (χ4v) is 1.04. The summed E-state index contributed by atoms with van der Waals surface area (Å²) in [5.41, 5.74) is -1.47. The molecule has 0 aromatic carbocycles. The summed E-state index contributed by atoms with van der Waals surface area (Å²) < 4.78 is 0. The smallest absolute Gasteiger partial charge is 0.325 e. The predicted octanol–water partition coefficient (Wildman–Crippen LogP) is -0.794. The number of amides is 1. The zero-order valence-corrected chi connectivity index (χ0v) is 8.72. The molecule has 0 saturated carbocycles. The number of hydrogen-bond acceptors (Lipinski definition) is 3. The first-order chi connectivity index (χ1) is 7.65. The van der Waals surface area contributed by atoms with Crippen LogP contribution >= 0.6 is 0 Å². The van der Waals surface area contributed by atoms with E-state index in [1.807, 2.05) is 4.98 Å². The van der Waals surface area contributed by atoms with Gasteiger partial charge in [0.1, 0.15) is 5.56 Å². The average molecular weight is 221 g/mol. The second-order valence-electron chi connectivity index (χ2n) is 2.92.